The first-order valence-corrected chi connectivity index (χ1v) is 26.8. The Morgan fingerprint density at radius 2 is 0.581 bits per heavy atom. The van der Waals surface area contributed by atoms with Gasteiger partial charge in [-0.1, -0.05) is 91.0 Å². The molecule has 0 bridgehead atoms. The third-order valence-corrected chi connectivity index (χ3v) is 15.8. The van der Waals surface area contributed by atoms with Crippen LogP contribution in [0.3, 0.4) is 0 Å². The van der Waals surface area contributed by atoms with Crippen molar-refractivity contribution in [1.29, 1.82) is 26.3 Å². The Kier molecular flexibility index (Phi) is 12.9. The summed E-state index contributed by atoms with van der Waals surface area (Å²) in [6.07, 6.45) is -10.4. The maximum absolute atomic E-state index is 15.0. The van der Waals surface area contributed by atoms with Crippen LogP contribution in [0.15, 0.2) is 224 Å². The van der Waals surface area contributed by atoms with Gasteiger partial charge in [-0.2, -0.15) is 52.7 Å². The maximum Gasteiger partial charge on any atom is 0.416 e. The number of halogens is 6. The molecule has 0 aliphatic carbocycles. The zero-order valence-corrected chi connectivity index (χ0v) is 44.8. The van der Waals surface area contributed by atoms with Gasteiger partial charge in [-0.3, -0.25) is 0 Å². The molecule has 0 unspecified atom stereocenters. The lowest BCUT2D eigenvalue weighted by molar-refractivity contribution is -0.143. The van der Waals surface area contributed by atoms with Crippen LogP contribution >= 0.6 is 0 Å². The van der Waals surface area contributed by atoms with Crippen molar-refractivity contribution < 1.29 is 26.3 Å². The molecule has 0 saturated heterocycles. The van der Waals surface area contributed by atoms with E-state index in [0.717, 1.165) is 66.1 Å². The predicted octanol–water partition coefficient (Wildman–Crippen LogP) is 19.3. The van der Waals surface area contributed by atoms with Crippen LogP contribution in [0.4, 0.5) is 26.3 Å². The highest BCUT2D eigenvalue weighted by atomic mass is 19.4. The Bertz CT molecular complexity index is 4910. The molecule has 0 spiro atoms. The van der Waals surface area contributed by atoms with E-state index in [-0.39, 0.29) is 28.3 Å². The second kappa shape index (κ2) is 20.8. The fourth-order valence-corrected chi connectivity index (χ4v) is 11.7. The molecule has 13 rings (SSSR count). The molecule has 13 aromatic rings. The number of hydrogen-bond acceptors (Lipinski definition) is 5. The van der Waals surface area contributed by atoms with Gasteiger partial charge < -0.3 is 9.13 Å². The molecule has 0 aliphatic rings. The molecule has 0 saturated carbocycles. The van der Waals surface area contributed by atoms with E-state index in [1.54, 1.807) is 78.9 Å². The van der Waals surface area contributed by atoms with Gasteiger partial charge in [0.25, 0.3) is 0 Å². The maximum atomic E-state index is 15.0. The Morgan fingerprint density at radius 3 is 0.884 bits per heavy atom. The predicted molar refractivity (Wildman–Crippen MR) is 321 cm³/mol. The number of nitrogens with zero attached hydrogens (tertiary/aromatic N) is 7. The third-order valence-electron chi connectivity index (χ3n) is 15.8. The fraction of sp³-hybridized carbons (Fsp3) is 0.0274. The molecular weight excluding hydrogens is 1090 g/mol. The molecule has 2 aromatic heterocycles. The third kappa shape index (κ3) is 9.27. The standard InChI is InChI=1S/C73H37F6N7/c74-72(75,76)57-31-56(32-58(37-57)73(77,78)79)59-4-2-6-69(86-66-29-25-53(49-19-11-45(40-82)12-20-49)35-62(66)63-36-54(26-30-67(63)86)50-21-13-46(41-83)14-22-50)71(59)70-55(42-84)3-1-5-68(70)85-64-27-23-51(47-15-7-43(38-80)8-16-47)33-60(64)61-34-52(24-28-65(61)85)48-17-9-44(39-81)10-18-48/h1-37H. The Morgan fingerprint density at radius 1 is 0.279 bits per heavy atom. The van der Waals surface area contributed by atoms with Crippen molar-refractivity contribution in [2.75, 3.05) is 0 Å². The van der Waals surface area contributed by atoms with Crippen LogP contribution in [0.2, 0.25) is 0 Å². The van der Waals surface area contributed by atoms with Crippen LogP contribution in [0, 0.1) is 56.7 Å². The first kappa shape index (κ1) is 53.4. The summed E-state index contributed by atoms with van der Waals surface area (Å²) in [5, 5.41) is 52.9. The minimum atomic E-state index is -5.20. The van der Waals surface area contributed by atoms with Gasteiger partial charge in [0.15, 0.2) is 0 Å². The number of aromatic nitrogens is 2. The van der Waals surface area contributed by atoms with Gasteiger partial charge in [-0.05, 0) is 189 Å². The van der Waals surface area contributed by atoms with Gasteiger partial charge in [0.1, 0.15) is 0 Å². The van der Waals surface area contributed by atoms with Crippen molar-refractivity contribution in [2.45, 2.75) is 12.4 Å². The smallest absolute Gasteiger partial charge is 0.309 e. The summed E-state index contributed by atoms with van der Waals surface area (Å²) in [5.41, 5.74) is 8.45. The number of fused-ring (bicyclic) bond motifs is 6. The van der Waals surface area contributed by atoms with Crippen LogP contribution in [-0.4, -0.2) is 9.13 Å². The normalized spacial score (nSPS) is 11.5. The monoisotopic (exact) mass is 1130 g/mol. The second-order valence-electron chi connectivity index (χ2n) is 20.7. The van der Waals surface area contributed by atoms with E-state index in [1.165, 1.54) is 6.07 Å². The lowest BCUT2D eigenvalue weighted by Crippen LogP contribution is -2.11. The average molecular weight is 1130 g/mol. The molecule has 0 aliphatic heterocycles. The van der Waals surface area contributed by atoms with Crippen LogP contribution < -0.4 is 0 Å². The van der Waals surface area contributed by atoms with Gasteiger partial charge in [-0.25, -0.2) is 0 Å². The largest absolute Gasteiger partial charge is 0.416 e. The van der Waals surface area contributed by atoms with Gasteiger partial charge in [0.05, 0.1) is 103 Å². The zero-order valence-electron chi connectivity index (χ0n) is 44.8. The first-order chi connectivity index (χ1) is 41.6. The van der Waals surface area contributed by atoms with Gasteiger partial charge >= 0.3 is 12.4 Å². The molecule has 0 radical (unpaired) electrons. The van der Waals surface area contributed by atoms with E-state index in [0.29, 0.717) is 67.8 Å². The van der Waals surface area contributed by atoms with Gasteiger partial charge in [0.2, 0.25) is 0 Å². The van der Waals surface area contributed by atoms with Crippen LogP contribution in [0.25, 0.3) is 122 Å². The number of benzene rings is 11. The van der Waals surface area contributed by atoms with E-state index in [2.05, 4.69) is 30.3 Å². The molecule has 2 heterocycles. The average Bonchev–Trinajstić information content (AvgIpc) is 1.61. The van der Waals surface area contributed by atoms with Crippen molar-refractivity contribution in [2.24, 2.45) is 0 Å². The number of nitriles is 5. The van der Waals surface area contributed by atoms with Gasteiger partial charge in [0, 0.05) is 32.7 Å². The Labute approximate surface area is 487 Å². The van der Waals surface area contributed by atoms with Gasteiger partial charge in [-0.15, -0.1) is 0 Å². The second-order valence-corrected chi connectivity index (χ2v) is 20.7. The molecule has 0 amide bonds. The van der Waals surface area contributed by atoms with Crippen LogP contribution in [0.1, 0.15) is 38.9 Å². The summed E-state index contributed by atoms with van der Waals surface area (Å²) in [5.74, 6) is 0. The van der Waals surface area contributed by atoms with E-state index in [4.69, 9.17) is 0 Å². The molecule has 0 fully saturated rings. The number of alkyl halides is 6. The summed E-state index contributed by atoms with van der Waals surface area (Å²) in [4.78, 5) is 0. The van der Waals surface area contributed by atoms with Crippen molar-refractivity contribution >= 4 is 43.6 Å². The lowest BCUT2D eigenvalue weighted by Gasteiger charge is -2.23. The highest BCUT2D eigenvalue weighted by Gasteiger charge is 2.38. The van der Waals surface area contributed by atoms with Crippen molar-refractivity contribution in [1.82, 2.24) is 9.13 Å². The fourth-order valence-electron chi connectivity index (χ4n) is 11.7. The minimum absolute atomic E-state index is 0.0339. The molecule has 7 nitrogen and oxygen atoms in total. The molecule has 0 N–H and O–H groups in total. The Hall–Kier alpha value is -12.0. The quantitative estimate of drug-likeness (QED) is 0.140. The topological polar surface area (TPSA) is 129 Å². The van der Waals surface area contributed by atoms with Crippen molar-refractivity contribution in [3.63, 3.8) is 0 Å². The molecule has 406 valence electrons. The van der Waals surface area contributed by atoms with E-state index in [1.807, 2.05) is 130 Å². The summed E-state index contributed by atoms with van der Waals surface area (Å²) in [7, 11) is 0. The van der Waals surface area contributed by atoms with Crippen molar-refractivity contribution in [3.8, 4) is 108 Å². The molecule has 11 aromatic carbocycles. The summed E-state index contributed by atoms with van der Waals surface area (Å²) in [6, 6.07) is 74.2. The zero-order chi connectivity index (χ0) is 59.6. The van der Waals surface area contributed by atoms with E-state index < -0.39 is 29.0 Å². The highest BCUT2D eigenvalue weighted by Crippen LogP contribution is 2.49. The number of hydrogen-bond donors (Lipinski definition) is 0. The Balaban J connectivity index is 1.15. The first-order valence-electron chi connectivity index (χ1n) is 26.8. The number of rotatable bonds is 8. The molecule has 0 atom stereocenters. The van der Waals surface area contributed by atoms with Crippen LogP contribution in [-0.2, 0) is 12.4 Å². The SMILES string of the molecule is N#Cc1ccc(-c2ccc3c(c2)c2cc(-c4ccc(C#N)cc4)ccc2n3-c2cccc(C#N)c2-c2c(-c3cc(C(F)(F)F)cc(C(F)(F)F)c3)cccc2-n2c3ccc(-c4ccc(C#N)cc4)cc3c3cc(-c4ccc(C#N)cc4)ccc32)cc1. The molecular formula is C73H37F6N7. The van der Waals surface area contributed by atoms with Crippen LogP contribution in [0.5, 0.6) is 0 Å². The lowest BCUT2D eigenvalue weighted by atomic mass is 9.87. The summed E-state index contributed by atoms with van der Waals surface area (Å²) >= 11 is 0. The molecule has 86 heavy (non-hydrogen) atoms. The van der Waals surface area contributed by atoms with Crippen molar-refractivity contribution in [3.05, 3.63) is 263 Å². The molecule has 13 heteroatoms. The summed E-state index contributed by atoms with van der Waals surface area (Å²) < 4.78 is 94.2. The van der Waals surface area contributed by atoms with E-state index >= 15 is 26.3 Å². The van der Waals surface area contributed by atoms with E-state index in [9.17, 15) is 26.3 Å². The summed E-state index contributed by atoms with van der Waals surface area (Å²) in [6.45, 7) is 0. The minimum Gasteiger partial charge on any atom is -0.309 e. The highest BCUT2D eigenvalue weighted by molar-refractivity contribution is 6.15.